The van der Waals surface area contributed by atoms with Crippen LogP contribution in [-0.4, -0.2) is 46.9 Å². The molecule has 0 spiro atoms. The van der Waals surface area contributed by atoms with Gasteiger partial charge in [-0.3, -0.25) is 4.79 Å². The summed E-state index contributed by atoms with van der Waals surface area (Å²) in [7, 11) is 0. The zero-order chi connectivity index (χ0) is 34.2. The van der Waals surface area contributed by atoms with Gasteiger partial charge in [-0.25, -0.2) is 4.79 Å². The van der Waals surface area contributed by atoms with Gasteiger partial charge in [0, 0.05) is 5.56 Å². The van der Waals surface area contributed by atoms with E-state index in [2.05, 4.69) is 39.9 Å². The van der Waals surface area contributed by atoms with Crippen molar-refractivity contribution in [1.29, 1.82) is 0 Å². The van der Waals surface area contributed by atoms with Crippen LogP contribution in [0.15, 0.2) is 6.07 Å². The van der Waals surface area contributed by atoms with E-state index in [0.29, 0.717) is 5.75 Å². The normalized spacial score (nSPS) is 23.8. The topological polar surface area (TPSA) is 94.1 Å². The van der Waals surface area contributed by atoms with Crippen molar-refractivity contribution < 1.29 is 28.9 Å². The molecule has 1 saturated carbocycles. The Balaban J connectivity index is 1.43. The lowest BCUT2D eigenvalue weighted by Gasteiger charge is -2.38. The quantitative estimate of drug-likeness (QED) is 0.116. The molecule has 1 aliphatic carbocycles. The third kappa shape index (κ3) is 11.2. The predicted octanol–water partition coefficient (Wildman–Crippen LogP) is 8.41. The average Bonchev–Trinajstić information content (AvgIpc) is 3.61. The van der Waals surface area contributed by atoms with Crippen LogP contribution in [0.25, 0.3) is 0 Å². The first kappa shape index (κ1) is 38.3. The van der Waals surface area contributed by atoms with Crippen LogP contribution in [0.3, 0.4) is 0 Å². The number of benzene rings is 1. The summed E-state index contributed by atoms with van der Waals surface area (Å²) in [4.78, 5) is 25.3. The van der Waals surface area contributed by atoms with Crippen molar-refractivity contribution >= 4 is 11.9 Å². The number of carbonyl (C=O) groups is 2. The summed E-state index contributed by atoms with van der Waals surface area (Å²) >= 11 is 0. The van der Waals surface area contributed by atoms with E-state index in [-0.39, 0.29) is 12.1 Å². The lowest BCUT2D eigenvalue weighted by molar-refractivity contribution is -0.136. The van der Waals surface area contributed by atoms with Crippen molar-refractivity contribution in [3.8, 4) is 11.5 Å². The van der Waals surface area contributed by atoms with E-state index in [1.54, 1.807) is 0 Å². The first-order valence-corrected chi connectivity index (χ1v) is 18.2. The third-order valence-electron chi connectivity index (χ3n) is 10.5. The van der Waals surface area contributed by atoms with E-state index < -0.39 is 35.6 Å². The highest BCUT2D eigenvalue weighted by Crippen LogP contribution is 2.43. The molecule has 1 amide bonds. The summed E-state index contributed by atoms with van der Waals surface area (Å²) in [6, 6.07) is 1.87. The van der Waals surface area contributed by atoms with Crippen molar-refractivity contribution in [3.05, 3.63) is 22.8 Å². The first-order valence-electron chi connectivity index (χ1n) is 18.2. The summed E-state index contributed by atoms with van der Waals surface area (Å²) in [5.41, 5.74) is 2.33. The maximum atomic E-state index is 12.7. The second kappa shape index (κ2) is 16.8. The van der Waals surface area contributed by atoms with Gasteiger partial charge in [0.05, 0.1) is 23.7 Å². The van der Waals surface area contributed by atoms with Gasteiger partial charge in [0.25, 0.3) is 0 Å². The van der Waals surface area contributed by atoms with Gasteiger partial charge in [-0.1, -0.05) is 79.6 Å². The number of carbonyl (C=O) groups excluding carboxylic acids is 2. The highest BCUT2D eigenvalue weighted by molar-refractivity contribution is 5.87. The summed E-state index contributed by atoms with van der Waals surface area (Å²) < 4.78 is 18.3. The number of rotatable bonds is 19. The summed E-state index contributed by atoms with van der Waals surface area (Å²) in [6.07, 6.45) is 12.7. The second-order valence-electron chi connectivity index (χ2n) is 15.9. The molecular weight excluding hydrogens is 578 g/mol. The van der Waals surface area contributed by atoms with E-state index in [1.807, 2.05) is 40.7 Å². The Labute approximate surface area is 279 Å². The number of aryl methyl sites for hydroxylation is 1. The Morgan fingerprint density at radius 2 is 1.65 bits per heavy atom. The Bertz CT molecular complexity index is 1160. The molecule has 0 bridgehead atoms. The fourth-order valence-electron chi connectivity index (χ4n) is 6.74. The standard InChI is InChI=1S/C39H65NO6/c1-11-38(8,9)45-36-33(34(36)42)37(43)40-24-32(41)44-31-23-28(6)35-30(29(31)7)20-22-39(10,46-35)21-14-19-27(5)18-13-17-26(4)16-12-15-25(2)3/h23,25-27,33-34,36,42H,11-22,24H2,1-10H3,(H,40,43). The summed E-state index contributed by atoms with van der Waals surface area (Å²) in [5, 5.41) is 12.8. The molecule has 3 rings (SSSR count). The number of ether oxygens (including phenoxy) is 3. The highest BCUT2D eigenvalue weighted by Gasteiger charge is 2.57. The minimum atomic E-state index is -0.857. The van der Waals surface area contributed by atoms with Crippen LogP contribution >= 0.6 is 0 Å². The van der Waals surface area contributed by atoms with Crippen LogP contribution in [0.1, 0.15) is 143 Å². The number of nitrogens with one attached hydrogen (secondary N) is 1. The monoisotopic (exact) mass is 643 g/mol. The number of amides is 1. The van der Waals surface area contributed by atoms with Crippen LogP contribution in [0, 0.1) is 37.5 Å². The second-order valence-corrected chi connectivity index (χ2v) is 15.9. The Morgan fingerprint density at radius 3 is 2.26 bits per heavy atom. The van der Waals surface area contributed by atoms with Crippen molar-refractivity contribution in [3.63, 3.8) is 0 Å². The van der Waals surface area contributed by atoms with Crippen LogP contribution < -0.4 is 14.8 Å². The molecule has 7 heteroatoms. The minimum Gasteiger partial charge on any atom is -0.487 e. The number of fused-ring (bicyclic) bond motifs is 1. The molecule has 6 atom stereocenters. The van der Waals surface area contributed by atoms with Gasteiger partial charge in [0.2, 0.25) is 5.91 Å². The molecule has 262 valence electrons. The third-order valence-corrected chi connectivity index (χ3v) is 10.5. The van der Waals surface area contributed by atoms with Gasteiger partial charge < -0.3 is 24.6 Å². The number of esters is 1. The van der Waals surface area contributed by atoms with E-state index >= 15 is 0 Å². The van der Waals surface area contributed by atoms with Gasteiger partial charge in [-0.05, 0) is 102 Å². The Kier molecular flexibility index (Phi) is 14.0. The molecule has 1 aliphatic heterocycles. The molecule has 6 unspecified atom stereocenters. The molecule has 46 heavy (non-hydrogen) atoms. The fourth-order valence-corrected chi connectivity index (χ4v) is 6.74. The van der Waals surface area contributed by atoms with Gasteiger partial charge in [-0.2, -0.15) is 0 Å². The molecule has 1 fully saturated rings. The molecular formula is C39H65NO6. The van der Waals surface area contributed by atoms with E-state index in [0.717, 1.165) is 72.3 Å². The molecule has 0 radical (unpaired) electrons. The lowest BCUT2D eigenvalue weighted by Crippen LogP contribution is -2.37. The maximum absolute atomic E-state index is 12.7. The van der Waals surface area contributed by atoms with Gasteiger partial charge in [0.1, 0.15) is 23.6 Å². The van der Waals surface area contributed by atoms with Crippen LogP contribution in [0.2, 0.25) is 0 Å². The number of hydrogen-bond acceptors (Lipinski definition) is 6. The Hall–Kier alpha value is -2.12. The van der Waals surface area contributed by atoms with Crippen LogP contribution in [-0.2, 0) is 20.7 Å². The molecule has 1 aromatic carbocycles. The zero-order valence-corrected chi connectivity index (χ0v) is 30.7. The van der Waals surface area contributed by atoms with Gasteiger partial charge >= 0.3 is 5.97 Å². The van der Waals surface area contributed by atoms with Gasteiger partial charge in [-0.15, -0.1) is 0 Å². The largest absolute Gasteiger partial charge is 0.487 e. The molecule has 1 heterocycles. The van der Waals surface area contributed by atoms with Crippen LogP contribution in [0.4, 0.5) is 0 Å². The smallest absolute Gasteiger partial charge is 0.330 e. The molecule has 2 N–H and O–H groups in total. The van der Waals surface area contributed by atoms with Gasteiger partial charge in [0.15, 0.2) is 0 Å². The number of aliphatic hydroxyl groups is 1. The van der Waals surface area contributed by atoms with E-state index in [1.165, 1.54) is 44.9 Å². The molecule has 0 aromatic heterocycles. The number of hydrogen-bond donors (Lipinski definition) is 2. The predicted molar refractivity (Wildman–Crippen MR) is 185 cm³/mol. The van der Waals surface area contributed by atoms with Crippen molar-refractivity contribution in [2.24, 2.45) is 23.7 Å². The van der Waals surface area contributed by atoms with Crippen molar-refractivity contribution in [2.75, 3.05) is 6.54 Å². The fraction of sp³-hybridized carbons (Fsp3) is 0.795. The lowest BCUT2D eigenvalue weighted by atomic mass is 9.84. The Morgan fingerprint density at radius 1 is 1.04 bits per heavy atom. The molecule has 7 nitrogen and oxygen atoms in total. The van der Waals surface area contributed by atoms with E-state index in [4.69, 9.17) is 14.2 Å². The summed E-state index contributed by atoms with van der Waals surface area (Å²) in [6.45, 7) is 21.2. The average molecular weight is 644 g/mol. The molecule has 0 saturated heterocycles. The molecule has 1 aromatic rings. The maximum Gasteiger partial charge on any atom is 0.330 e. The van der Waals surface area contributed by atoms with Crippen molar-refractivity contribution in [2.45, 2.75) is 170 Å². The summed E-state index contributed by atoms with van der Waals surface area (Å²) in [5.74, 6) is 2.20. The number of aliphatic hydroxyl groups excluding tert-OH is 1. The SMILES string of the molecule is CCC(C)(C)OC1C(O)C1C(=O)NCC(=O)Oc1cc(C)c2c(c1C)CCC(C)(CCCC(C)CCCC(C)CCCC(C)C)O2. The zero-order valence-electron chi connectivity index (χ0n) is 30.7. The molecule has 2 aliphatic rings. The highest BCUT2D eigenvalue weighted by atomic mass is 16.5. The minimum absolute atomic E-state index is 0.196. The van der Waals surface area contributed by atoms with E-state index in [9.17, 15) is 14.7 Å². The van der Waals surface area contributed by atoms with Crippen LogP contribution in [0.5, 0.6) is 11.5 Å². The first-order chi connectivity index (χ1) is 21.6. The van der Waals surface area contributed by atoms with Crippen molar-refractivity contribution in [1.82, 2.24) is 5.32 Å².